The van der Waals surface area contributed by atoms with E-state index >= 15 is 0 Å². The third kappa shape index (κ3) is 8.41. The molecule has 0 N–H and O–H groups in total. The summed E-state index contributed by atoms with van der Waals surface area (Å²) in [6.07, 6.45) is 16.4. The molecule has 0 bridgehead atoms. The van der Waals surface area contributed by atoms with Crippen molar-refractivity contribution in [2.45, 2.75) is 26.2 Å². The number of rotatable bonds is 10. The van der Waals surface area contributed by atoms with Crippen LogP contribution in [0.15, 0.2) is 127 Å². The molecule has 0 spiro atoms. The van der Waals surface area contributed by atoms with E-state index < -0.39 is 0 Å². The molecule has 0 radical (unpaired) electrons. The normalized spacial score (nSPS) is 11.6. The summed E-state index contributed by atoms with van der Waals surface area (Å²) in [6.45, 7) is 2.16. The molecule has 40 heavy (non-hydrogen) atoms. The Morgan fingerprint density at radius 1 is 0.375 bits per heavy atom. The Morgan fingerprint density at radius 3 is 1.23 bits per heavy atom. The van der Waals surface area contributed by atoms with Gasteiger partial charge in [0, 0.05) is 0 Å². The van der Waals surface area contributed by atoms with E-state index in [2.05, 4.69) is 165 Å². The van der Waals surface area contributed by atoms with Gasteiger partial charge in [-0.1, -0.05) is 169 Å². The molecule has 0 nitrogen and oxygen atoms in total. The second-order valence-electron chi connectivity index (χ2n) is 10.3. The van der Waals surface area contributed by atoms with Gasteiger partial charge in [0.1, 0.15) is 0 Å². The molecule has 0 saturated heterocycles. The molecule has 0 aliphatic rings. The molecule has 5 rings (SSSR count). The molecule has 0 heterocycles. The topological polar surface area (TPSA) is 0 Å². The summed E-state index contributed by atoms with van der Waals surface area (Å²) >= 11 is 0. The van der Waals surface area contributed by atoms with Gasteiger partial charge in [-0.3, -0.25) is 0 Å². The van der Waals surface area contributed by atoms with E-state index in [1.807, 2.05) is 6.07 Å². The highest BCUT2D eigenvalue weighted by atomic mass is 14.0. The maximum absolute atomic E-state index is 2.29. The highest BCUT2D eigenvalue weighted by molar-refractivity contribution is 5.74. The lowest BCUT2D eigenvalue weighted by Gasteiger charge is -2.04. The smallest absolute Gasteiger partial charge is 0.0256 e. The van der Waals surface area contributed by atoms with Gasteiger partial charge < -0.3 is 0 Å². The van der Waals surface area contributed by atoms with Crippen molar-refractivity contribution in [2.75, 3.05) is 0 Å². The monoisotopic (exact) mass is 516 g/mol. The molecule has 0 aliphatic carbocycles. The molecule has 0 unspecified atom stereocenters. The van der Waals surface area contributed by atoms with Crippen molar-refractivity contribution in [1.29, 1.82) is 0 Å². The van der Waals surface area contributed by atoms with E-state index in [0.717, 1.165) is 12.8 Å². The molecular formula is C40H36. The molecule has 5 aromatic rings. The predicted octanol–water partition coefficient (Wildman–Crippen LogP) is 10.7. The van der Waals surface area contributed by atoms with E-state index in [-0.39, 0.29) is 0 Å². The van der Waals surface area contributed by atoms with Crippen LogP contribution in [0.5, 0.6) is 0 Å². The summed E-state index contributed by atoms with van der Waals surface area (Å²) in [4.78, 5) is 0. The minimum Gasteiger partial charge on any atom is -0.0622 e. The number of benzene rings is 5. The van der Waals surface area contributed by atoms with Crippen LogP contribution in [0.1, 0.15) is 56.5 Å². The van der Waals surface area contributed by atoms with Crippen LogP contribution in [-0.2, 0) is 12.8 Å². The van der Waals surface area contributed by atoms with Crippen molar-refractivity contribution in [2.24, 2.45) is 0 Å². The first-order chi connectivity index (χ1) is 19.7. The second-order valence-corrected chi connectivity index (χ2v) is 10.3. The van der Waals surface area contributed by atoms with Crippen molar-refractivity contribution in [1.82, 2.24) is 0 Å². The van der Waals surface area contributed by atoms with Crippen LogP contribution in [0.2, 0.25) is 0 Å². The van der Waals surface area contributed by atoms with Crippen LogP contribution < -0.4 is 0 Å². The average molecular weight is 517 g/mol. The zero-order chi connectivity index (χ0) is 27.4. The summed E-state index contributed by atoms with van der Waals surface area (Å²) in [5.74, 6) is 0. The Bertz CT molecular complexity index is 1560. The van der Waals surface area contributed by atoms with Crippen molar-refractivity contribution in [3.63, 3.8) is 0 Å². The highest BCUT2D eigenvalue weighted by Gasteiger charge is 1.98. The largest absolute Gasteiger partial charge is 0.0622 e. The summed E-state index contributed by atoms with van der Waals surface area (Å²) in [5, 5.41) is 0. The van der Waals surface area contributed by atoms with E-state index in [1.165, 1.54) is 56.5 Å². The van der Waals surface area contributed by atoms with Crippen LogP contribution >= 0.6 is 0 Å². The fourth-order valence-corrected chi connectivity index (χ4v) is 4.74. The first-order valence-electron chi connectivity index (χ1n) is 14.1. The van der Waals surface area contributed by atoms with E-state index in [1.54, 1.807) is 0 Å². The summed E-state index contributed by atoms with van der Waals surface area (Å²) in [7, 11) is 0. The van der Waals surface area contributed by atoms with Gasteiger partial charge in [-0.05, 0) is 70.7 Å². The fraction of sp³-hybridized carbons (Fsp3) is 0.100. The molecule has 0 fully saturated rings. The number of aryl methyl sites for hydroxylation is 3. The Labute approximate surface area is 239 Å². The Kier molecular flexibility index (Phi) is 9.36. The van der Waals surface area contributed by atoms with Crippen LogP contribution in [-0.4, -0.2) is 0 Å². The standard InChI is InChI=1S/C40H36/c1-32-7-5-11-40(31-32)12-6-10-34-14-17-36(18-15-34)21-24-38-26-29-39(30-27-38)28-25-37-22-19-35(20-23-37)16-13-33-8-3-2-4-9-33/h2-5,7-9,11,13-31H,6,10,12H2,1H3. The lowest BCUT2D eigenvalue weighted by atomic mass is 10.0. The van der Waals surface area contributed by atoms with Gasteiger partial charge in [0.2, 0.25) is 0 Å². The van der Waals surface area contributed by atoms with E-state index in [9.17, 15) is 0 Å². The van der Waals surface area contributed by atoms with Crippen LogP contribution in [0.4, 0.5) is 0 Å². The van der Waals surface area contributed by atoms with Gasteiger partial charge >= 0.3 is 0 Å². The van der Waals surface area contributed by atoms with Gasteiger partial charge in [0.25, 0.3) is 0 Å². The van der Waals surface area contributed by atoms with Gasteiger partial charge in [-0.2, -0.15) is 0 Å². The van der Waals surface area contributed by atoms with Gasteiger partial charge in [0.15, 0.2) is 0 Å². The maximum Gasteiger partial charge on any atom is -0.0256 e. The molecule has 0 atom stereocenters. The second kappa shape index (κ2) is 13.9. The average Bonchev–Trinajstić information content (AvgIpc) is 3.00. The van der Waals surface area contributed by atoms with E-state index in [0.29, 0.717) is 0 Å². The summed E-state index contributed by atoms with van der Waals surface area (Å²) in [5.41, 5.74) is 11.4. The molecule has 0 heteroatoms. The van der Waals surface area contributed by atoms with E-state index in [4.69, 9.17) is 0 Å². The van der Waals surface area contributed by atoms with Crippen molar-refractivity contribution < 1.29 is 0 Å². The molecule has 0 saturated carbocycles. The SMILES string of the molecule is Cc1cccc(CCCc2ccc(C=Cc3ccc(C=Cc4ccc(C=Cc5ccccc5)cc4)cc3)cc2)c1. The summed E-state index contributed by atoms with van der Waals surface area (Å²) in [6, 6.07) is 45.5. The van der Waals surface area contributed by atoms with Gasteiger partial charge in [0.05, 0.1) is 0 Å². The third-order valence-corrected chi connectivity index (χ3v) is 7.07. The summed E-state index contributed by atoms with van der Waals surface area (Å²) < 4.78 is 0. The minimum atomic E-state index is 1.11. The van der Waals surface area contributed by atoms with Crippen LogP contribution in [0.3, 0.4) is 0 Å². The van der Waals surface area contributed by atoms with Crippen LogP contribution in [0, 0.1) is 6.92 Å². The minimum absolute atomic E-state index is 1.11. The van der Waals surface area contributed by atoms with Crippen molar-refractivity contribution in [3.05, 3.63) is 177 Å². The lowest BCUT2D eigenvalue weighted by Crippen LogP contribution is -1.90. The fourth-order valence-electron chi connectivity index (χ4n) is 4.74. The van der Waals surface area contributed by atoms with Gasteiger partial charge in [-0.15, -0.1) is 0 Å². The highest BCUT2D eigenvalue weighted by Crippen LogP contribution is 2.16. The molecule has 5 aromatic carbocycles. The molecular weight excluding hydrogens is 480 g/mol. The van der Waals surface area contributed by atoms with Crippen molar-refractivity contribution in [3.8, 4) is 0 Å². The molecule has 0 aromatic heterocycles. The third-order valence-electron chi connectivity index (χ3n) is 7.07. The number of hydrogen-bond acceptors (Lipinski definition) is 0. The van der Waals surface area contributed by atoms with Crippen LogP contribution in [0.25, 0.3) is 36.5 Å². The Morgan fingerprint density at radius 2 is 0.775 bits per heavy atom. The van der Waals surface area contributed by atoms with Crippen molar-refractivity contribution >= 4 is 36.5 Å². The zero-order valence-electron chi connectivity index (χ0n) is 23.2. The first kappa shape index (κ1) is 26.9. The molecule has 0 aliphatic heterocycles. The molecule has 0 amide bonds. The van der Waals surface area contributed by atoms with Gasteiger partial charge in [-0.25, -0.2) is 0 Å². The maximum atomic E-state index is 2.29. The first-order valence-corrected chi connectivity index (χ1v) is 14.1. The molecule has 196 valence electrons. The lowest BCUT2D eigenvalue weighted by molar-refractivity contribution is 0.820. The Hall–Kier alpha value is -4.68. The zero-order valence-corrected chi connectivity index (χ0v) is 23.2. The Balaban J connectivity index is 1.10. The predicted molar refractivity (Wildman–Crippen MR) is 176 cm³/mol. The quantitative estimate of drug-likeness (QED) is 0.162. The number of hydrogen-bond donors (Lipinski definition) is 0.